The molecule has 0 bridgehead atoms. The Hall–Kier alpha value is -1.60. The molecule has 1 aliphatic rings. The second-order valence-electron chi connectivity index (χ2n) is 5.83. The summed E-state index contributed by atoms with van der Waals surface area (Å²) in [7, 11) is 0. The zero-order chi connectivity index (χ0) is 17.0. The number of nitrogens with one attached hydrogen (secondary N) is 1. The molecule has 0 radical (unpaired) electrons. The zero-order valence-electron chi connectivity index (χ0n) is 12.9. The lowest BCUT2D eigenvalue weighted by atomic mass is 10.0. The second-order valence-corrected chi connectivity index (χ2v) is 5.83. The standard InChI is InChI=1S/C16H21F3N2O2/c1-11(22)21-7-5-14(6-8-21)20-10-15(23)12-3-2-4-13(9-12)16(17,18)19/h2-4,9,14-15,20,23H,5-8,10H2,1H3/t15-/m0/s1. The van der Waals surface area contributed by atoms with E-state index in [0.29, 0.717) is 13.1 Å². The number of hydrogen-bond acceptors (Lipinski definition) is 3. The molecule has 0 aromatic heterocycles. The molecule has 0 aliphatic carbocycles. The Bertz CT molecular complexity index is 540. The van der Waals surface area contributed by atoms with Gasteiger partial charge in [-0.3, -0.25) is 4.79 Å². The molecule has 0 spiro atoms. The van der Waals surface area contributed by atoms with E-state index in [1.807, 2.05) is 0 Å². The van der Waals surface area contributed by atoms with Gasteiger partial charge < -0.3 is 15.3 Å². The minimum Gasteiger partial charge on any atom is -0.387 e. The molecule has 4 nitrogen and oxygen atoms in total. The second kappa shape index (κ2) is 7.31. The van der Waals surface area contributed by atoms with E-state index in [1.54, 1.807) is 4.90 Å². The Kier molecular flexibility index (Phi) is 5.64. The third-order valence-corrected chi connectivity index (χ3v) is 4.14. The van der Waals surface area contributed by atoms with Crippen LogP contribution < -0.4 is 5.32 Å². The average Bonchev–Trinajstić information content (AvgIpc) is 2.52. The van der Waals surface area contributed by atoms with Crippen LogP contribution in [0.1, 0.15) is 37.0 Å². The van der Waals surface area contributed by atoms with E-state index in [9.17, 15) is 23.1 Å². The van der Waals surface area contributed by atoms with Crippen LogP contribution in [-0.2, 0) is 11.0 Å². The van der Waals surface area contributed by atoms with Gasteiger partial charge in [0, 0.05) is 32.6 Å². The van der Waals surface area contributed by atoms with Crippen LogP contribution >= 0.6 is 0 Å². The Morgan fingerprint density at radius 2 is 2.04 bits per heavy atom. The fourth-order valence-corrected chi connectivity index (χ4v) is 2.72. The minimum atomic E-state index is -4.41. The molecule has 7 heteroatoms. The van der Waals surface area contributed by atoms with Gasteiger partial charge in [0.05, 0.1) is 11.7 Å². The molecule has 128 valence electrons. The molecule has 0 saturated carbocycles. The maximum atomic E-state index is 12.7. The van der Waals surface area contributed by atoms with Crippen molar-refractivity contribution in [2.24, 2.45) is 0 Å². The van der Waals surface area contributed by atoms with Gasteiger partial charge in [0.25, 0.3) is 0 Å². The Balaban J connectivity index is 1.86. The first-order chi connectivity index (χ1) is 10.8. The first kappa shape index (κ1) is 17.7. The van der Waals surface area contributed by atoms with Gasteiger partial charge in [-0.25, -0.2) is 0 Å². The summed E-state index contributed by atoms with van der Waals surface area (Å²) in [4.78, 5) is 13.0. The molecule has 1 atom stereocenters. The van der Waals surface area contributed by atoms with E-state index < -0.39 is 17.8 Å². The molecule has 1 heterocycles. The predicted molar refractivity (Wildman–Crippen MR) is 79.7 cm³/mol. The topological polar surface area (TPSA) is 52.6 Å². The highest BCUT2D eigenvalue weighted by Gasteiger charge is 2.31. The summed E-state index contributed by atoms with van der Waals surface area (Å²) >= 11 is 0. The van der Waals surface area contributed by atoms with Crippen molar-refractivity contribution in [3.63, 3.8) is 0 Å². The summed E-state index contributed by atoms with van der Waals surface area (Å²) in [6.45, 7) is 3.04. The quantitative estimate of drug-likeness (QED) is 0.891. The van der Waals surface area contributed by atoms with E-state index in [0.717, 1.165) is 25.0 Å². The fourth-order valence-electron chi connectivity index (χ4n) is 2.72. The van der Waals surface area contributed by atoms with E-state index in [4.69, 9.17) is 0 Å². The summed E-state index contributed by atoms with van der Waals surface area (Å²) in [6.07, 6.45) is -3.87. The highest BCUT2D eigenvalue weighted by atomic mass is 19.4. The third-order valence-electron chi connectivity index (χ3n) is 4.14. The normalized spacial score (nSPS) is 18.0. The molecule has 0 unspecified atom stereocenters. The average molecular weight is 330 g/mol. The van der Waals surface area contributed by atoms with Crippen molar-refractivity contribution in [1.82, 2.24) is 10.2 Å². The van der Waals surface area contributed by atoms with Crippen molar-refractivity contribution in [2.45, 2.75) is 38.1 Å². The Labute approximate surface area is 133 Å². The first-order valence-corrected chi connectivity index (χ1v) is 7.61. The number of halogens is 3. The van der Waals surface area contributed by atoms with Gasteiger partial charge in [0.2, 0.25) is 5.91 Å². The van der Waals surface area contributed by atoms with Crippen LogP contribution in [-0.4, -0.2) is 41.6 Å². The molecular formula is C16H21F3N2O2. The SMILES string of the molecule is CC(=O)N1CCC(NC[C@H](O)c2cccc(C(F)(F)F)c2)CC1. The number of rotatable bonds is 4. The number of benzene rings is 1. The first-order valence-electron chi connectivity index (χ1n) is 7.61. The van der Waals surface area contributed by atoms with E-state index >= 15 is 0 Å². The van der Waals surface area contributed by atoms with Crippen LogP contribution in [0.15, 0.2) is 24.3 Å². The van der Waals surface area contributed by atoms with Gasteiger partial charge in [-0.2, -0.15) is 13.2 Å². The van der Waals surface area contributed by atoms with E-state index in [1.165, 1.54) is 19.1 Å². The van der Waals surface area contributed by atoms with Crippen molar-refractivity contribution < 1.29 is 23.1 Å². The molecule has 2 N–H and O–H groups in total. The lowest BCUT2D eigenvalue weighted by Gasteiger charge is -2.32. The van der Waals surface area contributed by atoms with Crippen molar-refractivity contribution in [3.8, 4) is 0 Å². The number of alkyl halides is 3. The van der Waals surface area contributed by atoms with Gasteiger partial charge in [-0.05, 0) is 30.5 Å². The van der Waals surface area contributed by atoms with Gasteiger partial charge in [-0.1, -0.05) is 12.1 Å². The Morgan fingerprint density at radius 3 is 2.61 bits per heavy atom. The van der Waals surface area contributed by atoms with Crippen LogP contribution in [0, 0.1) is 0 Å². The number of nitrogens with zero attached hydrogens (tertiary/aromatic N) is 1. The molecule has 1 aromatic carbocycles. The van der Waals surface area contributed by atoms with Crippen molar-refractivity contribution in [1.29, 1.82) is 0 Å². The number of carbonyl (C=O) groups excluding carboxylic acids is 1. The van der Waals surface area contributed by atoms with Gasteiger partial charge in [-0.15, -0.1) is 0 Å². The summed E-state index contributed by atoms with van der Waals surface area (Å²) in [5.74, 6) is 0.0486. The summed E-state index contributed by atoms with van der Waals surface area (Å²) in [5, 5.41) is 13.3. The van der Waals surface area contributed by atoms with Crippen molar-refractivity contribution in [2.75, 3.05) is 19.6 Å². The van der Waals surface area contributed by atoms with Crippen LogP contribution in [0.5, 0.6) is 0 Å². The van der Waals surface area contributed by atoms with Gasteiger partial charge >= 0.3 is 6.18 Å². The molecule has 1 saturated heterocycles. The summed E-state index contributed by atoms with van der Waals surface area (Å²) < 4.78 is 38.0. The lowest BCUT2D eigenvalue weighted by Crippen LogP contribution is -2.45. The number of piperidine rings is 1. The van der Waals surface area contributed by atoms with E-state index in [-0.39, 0.29) is 24.1 Å². The minimum absolute atomic E-state index is 0.0486. The number of amides is 1. The van der Waals surface area contributed by atoms with Crippen molar-refractivity contribution >= 4 is 5.91 Å². The number of carbonyl (C=O) groups is 1. The largest absolute Gasteiger partial charge is 0.416 e. The van der Waals surface area contributed by atoms with E-state index in [2.05, 4.69) is 5.32 Å². The predicted octanol–water partition coefficient (Wildman–Crippen LogP) is 2.34. The van der Waals surface area contributed by atoms with Gasteiger partial charge in [0.15, 0.2) is 0 Å². The molecule has 23 heavy (non-hydrogen) atoms. The summed E-state index contributed by atoms with van der Waals surface area (Å²) in [6, 6.07) is 4.91. The summed E-state index contributed by atoms with van der Waals surface area (Å²) in [5.41, 5.74) is -0.516. The molecule has 1 amide bonds. The maximum absolute atomic E-state index is 12.7. The lowest BCUT2D eigenvalue weighted by molar-refractivity contribution is -0.137. The number of aliphatic hydroxyl groups excluding tert-OH is 1. The third kappa shape index (κ3) is 4.94. The number of hydrogen-bond donors (Lipinski definition) is 2. The zero-order valence-corrected chi connectivity index (χ0v) is 12.9. The van der Waals surface area contributed by atoms with Gasteiger partial charge in [0.1, 0.15) is 0 Å². The Morgan fingerprint density at radius 1 is 1.39 bits per heavy atom. The molecule has 1 fully saturated rings. The molecule has 2 rings (SSSR count). The highest BCUT2D eigenvalue weighted by Crippen LogP contribution is 2.30. The van der Waals surface area contributed by atoms with Crippen LogP contribution in [0.2, 0.25) is 0 Å². The number of likely N-dealkylation sites (tertiary alicyclic amines) is 1. The van der Waals surface area contributed by atoms with Crippen LogP contribution in [0.25, 0.3) is 0 Å². The molecular weight excluding hydrogens is 309 g/mol. The smallest absolute Gasteiger partial charge is 0.387 e. The molecule has 1 aromatic rings. The highest BCUT2D eigenvalue weighted by molar-refractivity contribution is 5.73. The number of aliphatic hydroxyl groups is 1. The van der Waals surface area contributed by atoms with Crippen LogP contribution in [0.4, 0.5) is 13.2 Å². The molecule has 1 aliphatic heterocycles. The fraction of sp³-hybridized carbons (Fsp3) is 0.562. The maximum Gasteiger partial charge on any atom is 0.416 e. The van der Waals surface area contributed by atoms with Crippen LogP contribution in [0.3, 0.4) is 0 Å². The monoisotopic (exact) mass is 330 g/mol. The van der Waals surface area contributed by atoms with Crippen molar-refractivity contribution in [3.05, 3.63) is 35.4 Å².